The van der Waals surface area contributed by atoms with Crippen LogP contribution in [-0.4, -0.2) is 16.7 Å². The zero-order valence-corrected chi connectivity index (χ0v) is 10.3. The number of aliphatic hydroxyl groups is 1. The van der Waals surface area contributed by atoms with E-state index in [1.807, 2.05) is 30.3 Å². The first-order chi connectivity index (χ1) is 8.88. The third kappa shape index (κ3) is 3.86. The first kappa shape index (κ1) is 12.6. The molecule has 0 aliphatic carbocycles. The Morgan fingerprint density at radius 1 is 1.11 bits per heavy atom. The fraction of sp³-hybridized carbons (Fsp3) is 0.267. The van der Waals surface area contributed by atoms with Gasteiger partial charge in [-0.25, -0.2) is 0 Å². The minimum absolute atomic E-state index is 0.242. The number of hydrogen-bond donors (Lipinski definition) is 2. The summed E-state index contributed by atoms with van der Waals surface area (Å²) in [5.74, 6) is 0. The lowest BCUT2D eigenvalue weighted by molar-refractivity contribution is 0.288. The third-order valence-electron chi connectivity index (χ3n) is 2.75. The van der Waals surface area contributed by atoms with Crippen LogP contribution in [0.5, 0.6) is 0 Å². The summed E-state index contributed by atoms with van der Waals surface area (Å²) >= 11 is 0. The number of hydrogen-bond acceptors (Lipinski definition) is 3. The first-order valence-electron chi connectivity index (χ1n) is 6.22. The van der Waals surface area contributed by atoms with Crippen LogP contribution in [0.1, 0.15) is 17.7 Å². The van der Waals surface area contributed by atoms with Crippen molar-refractivity contribution in [3.63, 3.8) is 0 Å². The number of nitrogens with one attached hydrogen (secondary N) is 1. The molecule has 94 valence electrons. The second-order valence-corrected chi connectivity index (χ2v) is 4.20. The van der Waals surface area contributed by atoms with Gasteiger partial charge in [0, 0.05) is 18.5 Å². The highest BCUT2D eigenvalue weighted by Crippen LogP contribution is 2.13. The topological polar surface area (TPSA) is 45.1 Å². The van der Waals surface area contributed by atoms with Crippen LogP contribution in [0.25, 0.3) is 0 Å². The van der Waals surface area contributed by atoms with Crippen molar-refractivity contribution >= 4 is 5.69 Å². The Labute approximate surface area is 108 Å². The Hall–Kier alpha value is -1.87. The van der Waals surface area contributed by atoms with Gasteiger partial charge >= 0.3 is 0 Å². The zero-order chi connectivity index (χ0) is 12.6. The zero-order valence-electron chi connectivity index (χ0n) is 10.3. The highest BCUT2D eigenvalue weighted by Gasteiger charge is 1.97. The lowest BCUT2D eigenvalue weighted by atomic mass is 10.1. The molecule has 0 amide bonds. The van der Waals surface area contributed by atoms with E-state index in [1.54, 1.807) is 6.20 Å². The quantitative estimate of drug-likeness (QED) is 0.818. The van der Waals surface area contributed by atoms with Crippen LogP contribution in [0.3, 0.4) is 0 Å². The Bertz CT molecular complexity index is 471. The van der Waals surface area contributed by atoms with Gasteiger partial charge in [0.1, 0.15) is 0 Å². The maximum atomic E-state index is 8.83. The molecule has 0 saturated heterocycles. The number of anilines is 1. The van der Waals surface area contributed by atoms with Gasteiger partial charge in [-0.15, -0.1) is 0 Å². The van der Waals surface area contributed by atoms with Crippen molar-refractivity contribution in [1.82, 2.24) is 4.98 Å². The van der Waals surface area contributed by atoms with Gasteiger partial charge in [-0.1, -0.05) is 18.2 Å². The molecule has 0 saturated carbocycles. The Balaban J connectivity index is 1.93. The number of nitrogens with zero attached hydrogens (tertiary/aromatic N) is 1. The number of pyridine rings is 1. The molecule has 1 aromatic carbocycles. The van der Waals surface area contributed by atoms with Gasteiger partial charge in [0.2, 0.25) is 0 Å². The van der Waals surface area contributed by atoms with Crippen LogP contribution in [0.2, 0.25) is 0 Å². The molecule has 2 aromatic rings. The summed E-state index contributed by atoms with van der Waals surface area (Å²) in [5, 5.41) is 12.2. The van der Waals surface area contributed by atoms with Crippen LogP contribution in [-0.2, 0) is 13.0 Å². The highest BCUT2D eigenvalue weighted by atomic mass is 16.2. The van der Waals surface area contributed by atoms with Crippen LogP contribution < -0.4 is 5.32 Å². The van der Waals surface area contributed by atoms with Crippen molar-refractivity contribution in [2.24, 2.45) is 0 Å². The summed E-state index contributed by atoms with van der Waals surface area (Å²) in [6.07, 6.45) is 3.52. The second kappa shape index (κ2) is 6.77. The predicted octanol–water partition coefficient (Wildman–Crippen LogP) is 2.62. The van der Waals surface area contributed by atoms with Crippen molar-refractivity contribution in [2.75, 3.05) is 11.9 Å². The van der Waals surface area contributed by atoms with E-state index in [4.69, 9.17) is 5.11 Å². The monoisotopic (exact) mass is 242 g/mol. The molecular weight excluding hydrogens is 224 g/mol. The van der Waals surface area contributed by atoms with Crippen molar-refractivity contribution in [1.29, 1.82) is 0 Å². The summed E-state index contributed by atoms with van der Waals surface area (Å²) in [6, 6.07) is 14.2. The molecule has 2 N–H and O–H groups in total. The van der Waals surface area contributed by atoms with E-state index in [0.717, 1.165) is 30.8 Å². The Morgan fingerprint density at radius 3 is 2.83 bits per heavy atom. The largest absolute Gasteiger partial charge is 0.396 e. The summed E-state index contributed by atoms with van der Waals surface area (Å²) in [5.41, 5.74) is 3.37. The SMILES string of the molecule is OCCCc1cccc(NCc2ccccn2)c1. The normalized spacial score (nSPS) is 10.3. The molecule has 1 aromatic heterocycles. The van der Waals surface area contributed by atoms with Crippen molar-refractivity contribution in [3.05, 3.63) is 59.9 Å². The lowest BCUT2D eigenvalue weighted by Crippen LogP contribution is -2.01. The van der Waals surface area contributed by atoms with Gasteiger partial charge in [-0.05, 0) is 42.7 Å². The summed E-state index contributed by atoms with van der Waals surface area (Å²) in [4.78, 5) is 4.27. The van der Waals surface area contributed by atoms with Crippen molar-refractivity contribution in [3.8, 4) is 0 Å². The number of aliphatic hydroxyl groups excluding tert-OH is 1. The number of aromatic nitrogens is 1. The fourth-order valence-electron chi connectivity index (χ4n) is 1.82. The summed E-state index contributed by atoms with van der Waals surface area (Å²) in [6.45, 7) is 0.968. The average molecular weight is 242 g/mol. The molecule has 0 aliphatic heterocycles. The van der Waals surface area contributed by atoms with E-state index in [9.17, 15) is 0 Å². The van der Waals surface area contributed by atoms with Gasteiger partial charge in [-0.2, -0.15) is 0 Å². The molecule has 0 fully saturated rings. The van der Waals surface area contributed by atoms with E-state index in [1.165, 1.54) is 5.56 Å². The lowest BCUT2D eigenvalue weighted by Gasteiger charge is -2.07. The molecule has 3 heteroatoms. The molecule has 3 nitrogen and oxygen atoms in total. The second-order valence-electron chi connectivity index (χ2n) is 4.20. The molecule has 0 radical (unpaired) electrons. The fourth-order valence-corrected chi connectivity index (χ4v) is 1.82. The molecule has 0 spiro atoms. The standard InChI is InChI=1S/C15H18N2O/c18-10-4-6-13-5-3-8-14(11-13)17-12-15-7-1-2-9-16-15/h1-3,5,7-9,11,17-18H,4,6,10,12H2. The van der Waals surface area contributed by atoms with Crippen molar-refractivity contribution < 1.29 is 5.11 Å². The van der Waals surface area contributed by atoms with Crippen molar-refractivity contribution in [2.45, 2.75) is 19.4 Å². The predicted molar refractivity (Wildman–Crippen MR) is 73.4 cm³/mol. The van der Waals surface area contributed by atoms with Crippen LogP contribution in [0.15, 0.2) is 48.7 Å². The van der Waals surface area contributed by atoms with Gasteiger partial charge in [0.05, 0.1) is 12.2 Å². The third-order valence-corrected chi connectivity index (χ3v) is 2.75. The number of aryl methyl sites for hydroxylation is 1. The highest BCUT2D eigenvalue weighted by molar-refractivity contribution is 5.46. The number of benzene rings is 1. The minimum atomic E-state index is 0.242. The van der Waals surface area contributed by atoms with E-state index in [0.29, 0.717) is 0 Å². The maximum Gasteiger partial charge on any atom is 0.0594 e. The molecule has 1 heterocycles. The molecule has 2 rings (SSSR count). The molecule has 0 bridgehead atoms. The Morgan fingerprint density at radius 2 is 2.06 bits per heavy atom. The molecule has 0 unspecified atom stereocenters. The van der Waals surface area contributed by atoms with E-state index in [2.05, 4.69) is 22.4 Å². The summed E-state index contributed by atoms with van der Waals surface area (Å²) < 4.78 is 0. The van der Waals surface area contributed by atoms with Gasteiger partial charge in [0.25, 0.3) is 0 Å². The smallest absolute Gasteiger partial charge is 0.0594 e. The van der Waals surface area contributed by atoms with Gasteiger partial charge < -0.3 is 10.4 Å². The summed E-state index contributed by atoms with van der Waals surface area (Å²) in [7, 11) is 0. The van der Waals surface area contributed by atoms with Gasteiger partial charge in [-0.3, -0.25) is 4.98 Å². The van der Waals surface area contributed by atoms with Crippen LogP contribution in [0, 0.1) is 0 Å². The molecule has 0 atom stereocenters. The first-order valence-corrected chi connectivity index (χ1v) is 6.22. The average Bonchev–Trinajstić information content (AvgIpc) is 2.44. The Kier molecular flexibility index (Phi) is 4.73. The van der Waals surface area contributed by atoms with Gasteiger partial charge in [0.15, 0.2) is 0 Å². The molecule has 0 aliphatic rings. The van der Waals surface area contributed by atoms with E-state index >= 15 is 0 Å². The maximum absolute atomic E-state index is 8.83. The van der Waals surface area contributed by atoms with E-state index in [-0.39, 0.29) is 6.61 Å². The number of rotatable bonds is 6. The molecule has 18 heavy (non-hydrogen) atoms. The minimum Gasteiger partial charge on any atom is -0.396 e. The van der Waals surface area contributed by atoms with Crippen LogP contribution in [0.4, 0.5) is 5.69 Å². The van der Waals surface area contributed by atoms with E-state index < -0.39 is 0 Å². The van der Waals surface area contributed by atoms with Crippen LogP contribution >= 0.6 is 0 Å². The molecular formula is C15H18N2O.